The fourth-order valence-electron chi connectivity index (χ4n) is 1.90. The molecule has 15 heavy (non-hydrogen) atoms. The molecule has 1 rings (SSSR count). The molecular formula is C12H24O3. The second-order valence-electron chi connectivity index (χ2n) is 4.99. The molecule has 1 saturated heterocycles. The van der Waals surface area contributed by atoms with Gasteiger partial charge in [0.1, 0.15) is 0 Å². The highest BCUT2D eigenvalue weighted by Gasteiger charge is 2.31. The highest BCUT2D eigenvalue weighted by atomic mass is 16.5. The van der Waals surface area contributed by atoms with E-state index >= 15 is 0 Å². The first kappa shape index (κ1) is 12.9. The van der Waals surface area contributed by atoms with Crippen LogP contribution in [0.2, 0.25) is 0 Å². The van der Waals surface area contributed by atoms with Crippen molar-refractivity contribution in [1.29, 1.82) is 0 Å². The Morgan fingerprint density at radius 2 is 2.00 bits per heavy atom. The Labute approximate surface area is 92.8 Å². The number of hydrogen-bond acceptors (Lipinski definition) is 3. The van der Waals surface area contributed by atoms with E-state index in [0.717, 1.165) is 45.7 Å². The van der Waals surface area contributed by atoms with Gasteiger partial charge in [-0.1, -0.05) is 13.8 Å². The van der Waals surface area contributed by atoms with Crippen molar-refractivity contribution in [1.82, 2.24) is 0 Å². The van der Waals surface area contributed by atoms with Gasteiger partial charge in [-0.05, 0) is 25.2 Å². The molecule has 0 spiro atoms. The number of aliphatic hydroxyl groups is 1. The standard InChI is InChI=1S/C12H24O3/c1-11(2)9-15-8-5-12(10-13)3-6-14-7-4-12/h11,13H,3-10H2,1-2H3. The SMILES string of the molecule is CC(C)COCCC1(CO)CCOCC1. The van der Waals surface area contributed by atoms with Gasteiger partial charge in [0, 0.05) is 38.4 Å². The fraction of sp³-hybridized carbons (Fsp3) is 1.00. The van der Waals surface area contributed by atoms with E-state index in [1.165, 1.54) is 0 Å². The van der Waals surface area contributed by atoms with Crippen molar-refractivity contribution in [3.05, 3.63) is 0 Å². The molecule has 1 N–H and O–H groups in total. The average Bonchev–Trinajstić information content (AvgIpc) is 2.26. The normalized spacial score (nSPS) is 20.8. The smallest absolute Gasteiger partial charge is 0.0489 e. The third kappa shape index (κ3) is 4.49. The van der Waals surface area contributed by atoms with Crippen LogP contribution in [-0.2, 0) is 9.47 Å². The lowest BCUT2D eigenvalue weighted by molar-refractivity contribution is -0.0365. The summed E-state index contributed by atoms with van der Waals surface area (Å²) in [4.78, 5) is 0. The van der Waals surface area contributed by atoms with Gasteiger partial charge in [-0.3, -0.25) is 0 Å². The van der Waals surface area contributed by atoms with E-state index in [0.29, 0.717) is 5.92 Å². The van der Waals surface area contributed by atoms with Crippen molar-refractivity contribution in [3.63, 3.8) is 0 Å². The molecule has 0 aromatic carbocycles. The molecule has 1 fully saturated rings. The van der Waals surface area contributed by atoms with Gasteiger partial charge in [0.25, 0.3) is 0 Å². The zero-order chi connectivity index (χ0) is 11.1. The highest BCUT2D eigenvalue weighted by Crippen LogP contribution is 2.33. The van der Waals surface area contributed by atoms with Crippen molar-refractivity contribution in [2.24, 2.45) is 11.3 Å². The van der Waals surface area contributed by atoms with Gasteiger partial charge >= 0.3 is 0 Å². The lowest BCUT2D eigenvalue weighted by Crippen LogP contribution is -2.34. The molecular weight excluding hydrogens is 192 g/mol. The van der Waals surface area contributed by atoms with Crippen LogP contribution < -0.4 is 0 Å². The quantitative estimate of drug-likeness (QED) is 0.689. The molecule has 0 radical (unpaired) electrons. The summed E-state index contributed by atoms with van der Waals surface area (Å²) >= 11 is 0. The van der Waals surface area contributed by atoms with Crippen LogP contribution in [0.3, 0.4) is 0 Å². The van der Waals surface area contributed by atoms with Crippen LogP contribution in [0.5, 0.6) is 0 Å². The highest BCUT2D eigenvalue weighted by molar-refractivity contribution is 4.81. The maximum atomic E-state index is 9.44. The summed E-state index contributed by atoms with van der Waals surface area (Å²) < 4.78 is 10.9. The molecule has 90 valence electrons. The number of hydrogen-bond donors (Lipinski definition) is 1. The molecule has 0 aliphatic carbocycles. The zero-order valence-corrected chi connectivity index (χ0v) is 10.00. The van der Waals surface area contributed by atoms with Crippen LogP contribution in [0.4, 0.5) is 0 Å². The lowest BCUT2D eigenvalue weighted by Gasteiger charge is -2.35. The van der Waals surface area contributed by atoms with Gasteiger partial charge in [-0.15, -0.1) is 0 Å². The molecule has 0 saturated carbocycles. The maximum absolute atomic E-state index is 9.44. The summed E-state index contributed by atoms with van der Waals surface area (Å²) in [6.45, 7) is 7.71. The largest absolute Gasteiger partial charge is 0.396 e. The first-order chi connectivity index (χ1) is 7.18. The third-order valence-electron chi connectivity index (χ3n) is 3.12. The van der Waals surface area contributed by atoms with Crippen molar-refractivity contribution < 1.29 is 14.6 Å². The van der Waals surface area contributed by atoms with E-state index in [-0.39, 0.29) is 12.0 Å². The summed E-state index contributed by atoms with van der Waals surface area (Å²) in [5.41, 5.74) is 0.0647. The second kappa shape index (κ2) is 6.46. The molecule has 0 aromatic heterocycles. The van der Waals surface area contributed by atoms with Gasteiger partial charge in [-0.25, -0.2) is 0 Å². The molecule has 1 heterocycles. The van der Waals surface area contributed by atoms with E-state index in [1.807, 2.05) is 0 Å². The van der Waals surface area contributed by atoms with E-state index in [9.17, 15) is 5.11 Å². The van der Waals surface area contributed by atoms with E-state index in [4.69, 9.17) is 9.47 Å². The Kier molecular flexibility index (Phi) is 5.58. The lowest BCUT2D eigenvalue weighted by atomic mass is 9.78. The Balaban J connectivity index is 2.20. The Bertz CT molecular complexity index is 162. The van der Waals surface area contributed by atoms with Crippen molar-refractivity contribution in [3.8, 4) is 0 Å². The van der Waals surface area contributed by atoms with Gasteiger partial charge < -0.3 is 14.6 Å². The Morgan fingerprint density at radius 3 is 2.53 bits per heavy atom. The van der Waals surface area contributed by atoms with Gasteiger partial charge in [0.15, 0.2) is 0 Å². The minimum Gasteiger partial charge on any atom is -0.396 e. The molecule has 3 nitrogen and oxygen atoms in total. The monoisotopic (exact) mass is 216 g/mol. The molecule has 1 aliphatic rings. The number of aliphatic hydroxyl groups excluding tert-OH is 1. The fourth-order valence-corrected chi connectivity index (χ4v) is 1.90. The van der Waals surface area contributed by atoms with Crippen LogP contribution in [-0.4, -0.2) is 38.1 Å². The molecule has 0 unspecified atom stereocenters. The molecule has 1 aliphatic heterocycles. The third-order valence-corrected chi connectivity index (χ3v) is 3.12. The van der Waals surface area contributed by atoms with Gasteiger partial charge in [0.2, 0.25) is 0 Å². The summed E-state index contributed by atoms with van der Waals surface area (Å²) in [6.07, 6.45) is 2.89. The Morgan fingerprint density at radius 1 is 1.33 bits per heavy atom. The first-order valence-electron chi connectivity index (χ1n) is 5.95. The Hall–Kier alpha value is -0.120. The van der Waals surface area contributed by atoms with Crippen molar-refractivity contribution in [2.45, 2.75) is 33.1 Å². The van der Waals surface area contributed by atoms with Crippen LogP contribution in [0.15, 0.2) is 0 Å². The number of ether oxygens (including phenoxy) is 2. The minimum absolute atomic E-state index is 0.0647. The van der Waals surface area contributed by atoms with E-state index in [2.05, 4.69) is 13.8 Å². The molecule has 0 aromatic rings. The minimum atomic E-state index is 0.0647. The molecule has 0 amide bonds. The van der Waals surface area contributed by atoms with Crippen LogP contribution in [0, 0.1) is 11.3 Å². The topological polar surface area (TPSA) is 38.7 Å². The predicted molar refractivity (Wildman–Crippen MR) is 59.8 cm³/mol. The van der Waals surface area contributed by atoms with Gasteiger partial charge in [0.05, 0.1) is 0 Å². The first-order valence-corrected chi connectivity index (χ1v) is 5.95. The summed E-state index contributed by atoms with van der Waals surface area (Å²) in [7, 11) is 0. The second-order valence-corrected chi connectivity index (χ2v) is 4.99. The number of rotatable bonds is 6. The van der Waals surface area contributed by atoms with Crippen LogP contribution in [0.1, 0.15) is 33.1 Å². The molecule has 0 bridgehead atoms. The summed E-state index contributed by atoms with van der Waals surface area (Å²) in [6, 6.07) is 0. The summed E-state index contributed by atoms with van der Waals surface area (Å²) in [5, 5.41) is 9.44. The van der Waals surface area contributed by atoms with Gasteiger partial charge in [-0.2, -0.15) is 0 Å². The average molecular weight is 216 g/mol. The maximum Gasteiger partial charge on any atom is 0.0489 e. The molecule has 0 atom stereocenters. The van der Waals surface area contributed by atoms with Crippen LogP contribution >= 0.6 is 0 Å². The predicted octanol–water partition coefficient (Wildman–Crippen LogP) is 1.84. The molecule has 3 heteroatoms. The summed E-state index contributed by atoms with van der Waals surface area (Å²) in [5.74, 6) is 0.588. The van der Waals surface area contributed by atoms with Crippen molar-refractivity contribution >= 4 is 0 Å². The van der Waals surface area contributed by atoms with Crippen molar-refractivity contribution in [2.75, 3.05) is 33.0 Å². The van der Waals surface area contributed by atoms with Crippen LogP contribution in [0.25, 0.3) is 0 Å². The van der Waals surface area contributed by atoms with E-state index < -0.39 is 0 Å². The zero-order valence-electron chi connectivity index (χ0n) is 10.00. The van der Waals surface area contributed by atoms with E-state index in [1.54, 1.807) is 0 Å².